The van der Waals surface area contributed by atoms with Crippen molar-refractivity contribution in [3.05, 3.63) is 41.4 Å². The van der Waals surface area contributed by atoms with Crippen molar-refractivity contribution in [2.45, 2.75) is 62.6 Å². The average molecular weight is 492 g/mol. The third-order valence-corrected chi connectivity index (χ3v) is 9.11. The van der Waals surface area contributed by atoms with Crippen LogP contribution < -0.4 is 0 Å². The summed E-state index contributed by atoms with van der Waals surface area (Å²) >= 11 is 6.02. The number of likely N-dealkylation sites (tertiary alicyclic amines) is 2. The van der Waals surface area contributed by atoms with Gasteiger partial charge in [-0.2, -0.15) is 4.31 Å². The number of carbonyl (C=O) groups excluding carboxylic acids is 2. The number of hydrogen-bond donors (Lipinski definition) is 0. The molecule has 2 aromatic rings. The fraction of sp³-hybridized carbons (Fsp3) is 0.500. The van der Waals surface area contributed by atoms with E-state index in [1.54, 1.807) is 37.3 Å². The lowest BCUT2D eigenvalue weighted by Crippen LogP contribution is -2.53. The fourth-order valence-electron chi connectivity index (χ4n) is 4.90. The number of nitrogens with zero attached hydrogens (tertiary/aromatic N) is 3. The van der Waals surface area contributed by atoms with Crippen LogP contribution in [0.1, 0.15) is 39.5 Å². The highest BCUT2D eigenvalue weighted by atomic mass is 35.5. The van der Waals surface area contributed by atoms with Crippen LogP contribution in [0, 0.1) is 0 Å². The molecule has 2 fully saturated rings. The highest BCUT2D eigenvalue weighted by Gasteiger charge is 2.43. The quantitative estimate of drug-likeness (QED) is 0.641. The Kier molecular flexibility index (Phi) is 6.71. The van der Waals surface area contributed by atoms with Crippen molar-refractivity contribution in [1.82, 2.24) is 14.1 Å². The van der Waals surface area contributed by atoms with E-state index in [-0.39, 0.29) is 22.8 Å². The minimum absolute atomic E-state index is 0.0603. The van der Waals surface area contributed by atoms with Crippen LogP contribution >= 0.6 is 11.6 Å². The van der Waals surface area contributed by atoms with Crippen LogP contribution in [0.2, 0.25) is 5.02 Å². The zero-order valence-electron chi connectivity index (χ0n) is 19.2. The summed E-state index contributed by atoms with van der Waals surface area (Å²) in [5, 5.41) is 2.17. The van der Waals surface area contributed by atoms with Crippen molar-refractivity contribution in [3.8, 4) is 0 Å². The van der Waals surface area contributed by atoms with E-state index in [0.29, 0.717) is 24.5 Å². The van der Waals surface area contributed by atoms with Gasteiger partial charge in [-0.05, 0) is 74.6 Å². The van der Waals surface area contributed by atoms with Crippen molar-refractivity contribution in [1.29, 1.82) is 0 Å². The standard InChI is InChI=1S/C24H30ClN3O4S/c1-16-6-4-5-12-27(16)23(29)17(2)28-13-11-22(24(28)30)26(3)33(31,32)21-10-8-18-14-20(25)9-7-19(18)15-21/h7-10,14-17,22H,4-6,11-13H2,1-3H3/t16-,17+,22-/m0/s1. The minimum Gasteiger partial charge on any atom is -0.338 e. The Morgan fingerprint density at radius 2 is 1.79 bits per heavy atom. The molecule has 2 aliphatic heterocycles. The van der Waals surface area contributed by atoms with Crippen molar-refractivity contribution in [2.75, 3.05) is 20.1 Å². The lowest BCUT2D eigenvalue weighted by atomic mass is 10.0. The summed E-state index contributed by atoms with van der Waals surface area (Å²) in [7, 11) is -2.46. The average Bonchev–Trinajstić information content (AvgIpc) is 3.18. The van der Waals surface area contributed by atoms with Crippen LogP contribution in [-0.2, 0) is 19.6 Å². The summed E-state index contributed by atoms with van der Waals surface area (Å²) in [4.78, 5) is 29.8. The molecule has 0 saturated carbocycles. The molecule has 0 unspecified atom stereocenters. The van der Waals surface area contributed by atoms with E-state index in [1.807, 2.05) is 11.8 Å². The Hall–Kier alpha value is -2.16. The van der Waals surface area contributed by atoms with Crippen molar-refractivity contribution >= 4 is 44.2 Å². The maximum Gasteiger partial charge on any atom is 0.245 e. The van der Waals surface area contributed by atoms with Gasteiger partial charge >= 0.3 is 0 Å². The van der Waals surface area contributed by atoms with Crippen LogP contribution in [0.3, 0.4) is 0 Å². The molecule has 2 saturated heterocycles. The second kappa shape index (κ2) is 9.24. The van der Waals surface area contributed by atoms with Crippen molar-refractivity contribution < 1.29 is 18.0 Å². The summed E-state index contributed by atoms with van der Waals surface area (Å²) in [6.45, 7) is 4.84. The smallest absolute Gasteiger partial charge is 0.245 e. The van der Waals surface area contributed by atoms with E-state index in [2.05, 4.69) is 0 Å². The summed E-state index contributed by atoms with van der Waals surface area (Å²) in [6.07, 6.45) is 3.39. The molecule has 0 spiro atoms. The van der Waals surface area contributed by atoms with Crippen LogP contribution in [-0.4, -0.2) is 72.6 Å². The zero-order valence-corrected chi connectivity index (χ0v) is 20.8. The van der Waals surface area contributed by atoms with Gasteiger partial charge in [0, 0.05) is 31.2 Å². The lowest BCUT2D eigenvalue weighted by molar-refractivity contribution is -0.146. The SMILES string of the molecule is C[C@H](C(=O)N1CCCC[C@@H]1C)N1CC[C@H](N(C)S(=O)(=O)c2ccc3cc(Cl)ccc3c2)C1=O. The van der Waals surface area contributed by atoms with Gasteiger partial charge < -0.3 is 9.80 Å². The number of carbonyl (C=O) groups is 2. The highest BCUT2D eigenvalue weighted by Crippen LogP contribution is 2.28. The number of piperidine rings is 1. The van der Waals surface area contributed by atoms with Crippen LogP contribution in [0.4, 0.5) is 0 Å². The van der Waals surface area contributed by atoms with E-state index in [9.17, 15) is 18.0 Å². The molecule has 0 radical (unpaired) electrons. The first-order valence-corrected chi connectivity index (χ1v) is 13.2. The van der Waals surface area contributed by atoms with Crippen LogP contribution in [0.15, 0.2) is 41.3 Å². The van der Waals surface area contributed by atoms with E-state index < -0.39 is 22.1 Å². The Balaban J connectivity index is 1.51. The van der Waals surface area contributed by atoms with E-state index >= 15 is 0 Å². The fourth-order valence-corrected chi connectivity index (χ4v) is 6.46. The maximum absolute atomic E-state index is 13.3. The van der Waals surface area contributed by atoms with Gasteiger partial charge in [-0.15, -0.1) is 0 Å². The second-order valence-electron chi connectivity index (χ2n) is 9.06. The molecule has 2 aliphatic rings. The Morgan fingerprint density at radius 3 is 2.52 bits per heavy atom. The zero-order chi connectivity index (χ0) is 23.9. The van der Waals surface area contributed by atoms with Gasteiger partial charge in [0.05, 0.1) is 4.90 Å². The predicted molar refractivity (Wildman–Crippen MR) is 129 cm³/mol. The Labute approximate surface area is 200 Å². The number of sulfonamides is 1. The third-order valence-electron chi connectivity index (χ3n) is 7.01. The van der Waals surface area contributed by atoms with Crippen molar-refractivity contribution in [2.24, 2.45) is 0 Å². The molecule has 0 aromatic heterocycles. The molecular weight excluding hydrogens is 462 g/mol. The molecule has 2 aromatic carbocycles. The molecule has 7 nitrogen and oxygen atoms in total. The number of amides is 2. The Morgan fingerprint density at radius 1 is 1.09 bits per heavy atom. The molecule has 0 N–H and O–H groups in total. The number of likely N-dealkylation sites (N-methyl/N-ethyl adjacent to an activating group) is 1. The molecule has 0 bridgehead atoms. The number of fused-ring (bicyclic) bond motifs is 1. The van der Waals surface area contributed by atoms with Gasteiger partial charge in [0.1, 0.15) is 12.1 Å². The van der Waals surface area contributed by atoms with E-state index in [1.165, 1.54) is 18.0 Å². The summed E-state index contributed by atoms with van der Waals surface area (Å²) < 4.78 is 27.8. The first-order chi connectivity index (χ1) is 15.6. The molecule has 4 rings (SSSR count). The molecule has 2 heterocycles. The monoisotopic (exact) mass is 491 g/mol. The van der Waals surface area contributed by atoms with Crippen LogP contribution in [0.5, 0.6) is 0 Å². The molecule has 9 heteroatoms. The third kappa shape index (κ3) is 4.48. The summed E-state index contributed by atoms with van der Waals surface area (Å²) in [5.41, 5.74) is 0. The maximum atomic E-state index is 13.3. The van der Waals surface area contributed by atoms with Gasteiger partial charge in [0.15, 0.2) is 0 Å². The topological polar surface area (TPSA) is 78.0 Å². The van der Waals surface area contributed by atoms with Crippen LogP contribution in [0.25, 0.3) is 10.8 Å². The molecule has 3 atom stereocenters. The normalized spacial score (nSPS) is 22.9. The molecule has 0 aliphatic carbocycles. The minimum atomic E-state index is -3.90. The summed E-state index contributed by atoms with van der Waals surface area (Å²) in [5.74, 6) is -0.381. The van der Waals surface area contributed by atoms with Gasteiger partial charge in [-0.25, -0.2) is 8.42 Å². The molecular formula is C24H30ClN3O4S. The number of benzene rings is 2. The first-order valence-electron chi connectivity index (χ1n) is 11.4. The largest absolute Gasteiger partial charge is 0.338 e. The molecule has 2 amide bonds. The summed E-state index contributed by atoms with van der Waals surface area (Å²) in [6, 6.07) is 8.83. The van der Waals surface area contributed by atoms with Gasteiger partial charge in [-0.3, -0.25) is 9.59 Å². The first kappa shape index (κ1) is 24.0. The second-order valence-corrected chi connectivity index (χ2v) is 11.5. The Bertz CT molecular complexity index is 1190. The lowest BCUT2D eigenvalue weighted by Gasteiger charge is -2.37. The molecule has 33 heavy (non-hydrogen) atoms. The van der Waals surface area contributed by atoms with E-state index in [0.717, 1.165) is 34.3 Å². The molecule has 178 valence electrons. The highest BCUT2D eigenvalue weighted by molar-refractivity contribution is 7.89. The number of halogens is 1. The number of hydrogen-bond acceptors (Lipinski definition) is 4. The van der Waals surface area contributed by atoms with Gasteiger partial charge in [0.25, 0.3) is 0 Å². The van der Waals surface area contributed by atoms with Crippen molar-refractivity contribution in [3.63, 3.8) is 0 Å². The van der Waals surface area contributed by atoms with E-state index in [4.69, 9.17) is 11.6 Å². The predicted octanol–water partition coefficient (Wildman–Crippen LogP) is 3.50. The number of rotatable bonds is 5. The van der Waals surface area contributed by atoms with Gasteiger partial charge in [0.2, 0.25) is 21.8 Å². The van der Waals surface area contributed by atoms with Gasteiger partial charge in [-0.1, -0.05) is 23.7 Å².